The van der Waals surface area contributed by atoms with E-state index in [2.05, 4.69) is 26.4 Å². The number of halogens is 1. The number of hydrogen-bond acceptors (Lipinski definition) is 8. The molecule has 2 aromatic rings. The number of aromatic nitrogens is 1. The van der Waals surface area contributed by atoms with Gasteiger partial charge in [-0.3, -0.25) is 4.79 Å². The molecule has 2 fully saturated rings. The molecule has 4 heterocycles. The molecule has 2 atom stereocenters. The number of hydrogen-bond donors (Lipinski definition) is 2. The Morgan fingerprint density at radius 3 is 2.63 bits per heavy atom. The van der Waals surface area contributed by atoms with Gasteiger partial charge in [-0.2, -0.15) is 0 Å². The molecular weight excluding hydrogens is 542 g/mol. The zero-order valence-corrected chi connectivity index (χ0v) is 25.0. The number of nitrogens with two attached hydrogens (primary N) is 1. The normalized spacial score (nSPS) is 21.5. The minimum atomic E-state index is -0.558. The molecule has 5 rings (SSSR count). The van der Waals surface area contributed by atoms with Crippen LogP contribution >= 0.6 is 11.6 Å². The molecule has 2 saturated heterocycles. The van der Waals surface area contributed by atoms with Gasteiger partial charge in [0, 0.05) is 56.1 Å². The Morgan fingerprint density at radius 2 is 1.95 bits per heavy atom. The Labute approximate surface area is 246 Å². The third-order valence-corrected chi connectivity index (χ3v) is 7.94. The minimum absolute atomic E-state index is 0.0333. The Balaban J connectivity index is 1.44. The van der Waals surface area contributed by atoms with Crippen molar-refractivity contribution in [2.24, 2.45) is 5.73 Å². The molecule has 1 aromatic carbocycles. The molecule has 3 aliphatic heterocycles. The van der Waals surface area contributed by atoms with Crippen LogP contribution in [0, 0.1) is 0 Å². The van der Waals surface area contributed by atoms with Gasteiger partial charge in [0.1, 0.15) is 17.2 Å². The van der Waals surface area contributed by atoms with Crippen molar-refractivity contribution < 1.29 is 14.3 Å². The maximum atomic E-state index is 12.9. The second kappa shape index (κ2) is 11.3. The van der Waals surface area contributed by atoms with Gasteiger partial charge in [0.2, 0.25) is 0 Å². The number of likely N-dealkylation sites (tertiary alicyclic amines) is 1. The number of nitrogens with zero attached hydrogens (tertiary/aromatic N) is 5. The molecule has 3 aliphatic rings. The van der Waals surface area contributed by atoms with Crippen molar-refractivity contribution in [3.63, 3.8) is 0 Å². The van der Waals surface area contributed by atoms with Crippen LogP contribution in [0.4, 0.5) is 10.6 Å². The molecule has 2 unspecified atom stereocenters. The van der Waals surface area contributed by atoms with Crippen molar-refractivity contribution in [3.05, 3.63) is 81.9 Å². The van der Waals surface area contributed by atoms with Gasteiger partial charge in [0.25, 0.3) is 5.91 Å². The van der Waals surface area contributed by atoms with E-state index in [0.29, 0.717) is 41.9 Å². The lowest BCUT2D eigenvalue weighted by Gasteiger charge is -2.42. The van der Waals surface area contributed by atoms with Crippen LogP contribution in [0.25, 0.3) is 0 Å². The van der Waals surface area contributed by atoms with Gasteiger partial charge < -0.3 is 30.6 Å². The van der Waals surface area contributed by atoms with Crippen LogP contribution in [-0.2, 0) is 4.74 Å². The number of pyridine rings is 1. The monoisotopic (exact) mass is 579 g/mol. The van der Waals surface area contributed by atoms with Crippen LogP contribution in [0.1, 0.15) is 55.6 Å². The third-order valence-electron chi connectivity index (χ3n) is 7.61. The van der Waals surface area contributed by atoms with Crippen LogP contribution in [0.15, 0.2) is 65.8 Å². The number of benzene rings is 1. The van der Waals surface area contributed by atoms with Crippen LogP contribution in [0.3, 0.4) is 0 Å². The van der Waals surface area contributed by atoms with Gasteiger partial charge in [-0.1, -0.05) is 23.7 Å². The minimum Gasteiger partial charge on any atom is -0.444 e. The average Bonchev–Trinajstić information content (AvgIpc) is 3.22. The Bertz CT molecular complexity index is 1390. The van der Waals surface area contributed by atoms with E-state index in [9.17, 15) is 9.59 Å². The molecule has 0 saturated carbocycles. The van der Waals surface area contributed by atoms with Crippen LogP contribution in [0.2, 0.25) is 5.02 Å². The number of ether oxygens (including phenoxy) is 1. The van der Waals surface area contributed by atoms with E-state index in [1.165, 1.54) is 0 Å². The number of rotatable bonds is 4. The first-order valence-corrected chi connectivity index (χ1v) is 14.3. The average molecular weight is 580 g/mol. The van der Waals surface area contributed by atoms with E-state index in [0.717, 1.165) is 29.7 Å². The molecule has 218 valence electrons. The highest BCUT2D eigenvalue weighted by Crippen LogP contribution is 2.48. The van der Waals surface area contributed by atoms with E-state index >= 15 is 0 Å². The van der Waals surface area contributed by atoms with Crippen LogP contribution < -0.4 is 11.1 Å². The highest BCUT2D eigenvalue weighted by Gasteiger charge is 2.46. The first-order valence-electron chi connectivity index (χ1n) is 13.9. The first-order chi connectivity index (χ1) is 19.4. The van der Waals surface area contributed by atoms with E-state index in [1.54, 1.807) is 35.4 Å². The van der Waals surface area contributed by atoms with Gasteiger partial charge >= 0.3 is 6.09 Å². The number of anilines is 1. The summed E-state index contributed by atoms with van der Waals surface area (Å²) in [5.41, 5.74) is 9.41. The smallest absolute Gasteiger partial charge is 0.410 e. The lowest BCUT2D eigenvalue weighted by atomic mass is 9.94. The second-order valence-electron chi connectivity index (χ2n) is 11.7. The maximum absolute atomic E-state index is 12.9. The van der Waals surface area contributed by atoms with E-state index in [4.69, 9.17) is 22.1 Å². The number of piperidine rings is 1. The fourth-order valence-electron chi connectivity index (χ4n) is 5.72. The Morgan fingerprint density at radius 1 is 1.17 bits per heavy atom. The fourth-order valence-corrected chi connectivity index (χ4v) is 6.00. The highest BCUT2D eigenvalue weighted by molar-refractivity contribution is 6.32. The number of likely N-dealkylation sites (N-methyl/N-ethyl adjacent to an activating group) is 2. The van der Waals surface area contributed by atoms with Gasteiger partial charge in [0.15, 0.2) is 0 Å². The van der Waals surface area contributed by atoms with Crippen molar-refractivity contribution in [3.8, 4) is 0 Å². The summed E-state index contributed by atoms with van der Waals surface area (Å²) in [6.07, 6.45) is 5.28. The number of fused-ring (bicyclic) bond motifs is 1. The van der Waals surface area contributed by atoms with Crippen molar-refractivity contribution in [1.82, 2.24) is 24.8 Å². The Kier molecular flexibility index (Phi) is 7.89. The van der Waals surface area contributed by atoms with E-state index in [1.807, 2.05) is 51.9 Å². The highest BCUT2D eigenvalue weighted by atomic mass is 35.5. The number of hydrazine groups is 1. The molecule has 1 aromatic heterocycles. The lowest BCUT2D eigenvalue weighted by Crippen LogP contribution is -2.53. The molecule has 2 amide bonds. The zero-order chi connectivity index (χ0) is 29.5. The standard InChI is InChI=1S/C30H38ClN7O3/c1-30(2,3)41-29(40)37-15-8-9-20(18-37)38-23-13-16-35(4)27(32)25(23)26(36(38)5)21-12-11-19(17-22(21)31)28(39)34-24-10-6-7-14-33-24/h6-7,10-14,17,20,26H,8-9,15-16,18,32H2,1-5H3,(H,33,34,39). The second-order valence-corrected chi connectivity index (χ2v) is 12.1. The zero-order valence-electron chi connectivity index (χ0n) is 24.2. The summed E-state index contributed by atoms with van der Waals surface area (Å²) in [7, 11) is 3.99. The quantitative estimate of drug-likeness (QED) is 0.542. The third kappa shape index (κ3) is 5.85. The molecule has 0 spiro atoms. The summed E-state index contributed by atoms with van der Waals surface area (Å²) in [4.78, 5) is 33.8. The van der Waals surface area contributed by atoms with Crippen LogP contribution in [0.5, 0.6) is 0 Å². The largest absolute Gasteiger partial charge is 0.444 e. The summed E-state index contributed by atoms with van der Waals surface area (Å²) in [5.74, 6) is 0.851. The number of nitrogens with one attached hydrogen (secondary N) is 1. The molecule has 41 heavy (non-hydrogen) atoms. The lowest BCUT2D eigenvalue weighted by molar-refractivity contribution is -0.0314. The Hall–Kier alpha value is -3.76. The predicted molar refractivity (Wildman–Crippen MR) is 159 cm³/mol. The molecule has 11 heteroatoms. The van der Waals surface area contributed by atoms with Crippen LogP contribution in [-0.4, -0.2) is 82.2 Å². The maximum Gasteiger partial charge on any atom is 0.410 e. The topological polar surface area (TPSA) is 107 Å². The molecule has 0 aliphatic carbocycles. The summed E-state index contributed by atoms with van der Waals surface area (Å²) in [5, 5.41) is 7.68. The molecule has 3 N–H and O–H groups in total. The SMILES string of the molecule is CN1CC=C2C(=C1N)C(c1ccc(C(=O)Nc3ccccn3)cc1Cl)N(C)N2C1CCCN(C(=O)OC(C)(C)C)C1. The first kappa shape index (κ1) is 28.8. The van der Waals surface area contributed by atoms with E-state index in [-0.39, 0.29) is 24.1 Å². The molecule has 10 nitrogen and oxygen atoms in total. The van der Waals surface area contributed by atoms with Crippen molar-refractivity contribution >= 4 is 29.4 Å². The summed E-state index contributed by atoms with van der Waals surface area (Å²) in [6.45, 7) is 7.51. The van der Waals surface area contributed by atoms with Crippen molar-refractivity contribution in [2.75, 3.05) is 39.0 Å². The predicted octanol–water partition coefficient (Wildman–Crippen LogP) is 4.59. The van der Waals surface area contributed by atoms with Crippen molar-refractivity contribution in [1.29, 1.82) is 0 Å². The molecular formula is C30H38ClN7O3. The number of carbonyl (C=O) groups is 2. The fraction of sp³-hybridized carbons (Fsp3) is 0.433. The van der Waals surface area contributed by atoms with Crippen molar-refractivity contribution in [2.45, 2.75) is 51.3 Å². The van der Waals surface area contributed by atoms with E-state index < -0.39 is 5.60 Å². The van der Waals surface area contributed by atoms with Gasteiger partial charge in [-0.05, 0) is 69.5 Å². The number of amides is 2. The number of carbonyl (C=O) groups excluding carboxylic acids is 2. The van der Waals surface area contributed by atoms with Gasteiger partial charge in [-0.25, -0.2) is 14.8 Å². The van der Waals surface area contributed by atoms with Gasteiger partial charge in [-0.15, -0.1) is 0 Å². The molecule has 0 radical (unpaired) electrons. The van der Waals surface area contributed by atoms with Gasteiger partial charge in [0.05, 0.1) is 17.8 Å². The molecule has 0 bridgehead atoms. The summed E-state index contributed by atoms with van der Waals surface area (Å²) in [6, 6.07) is 10.4. The summed E-state index contributed by atoms with van der Waals surface area (Å²) < 4.78 is 5.68. The summed E-state index contributed by atoms with van der Waals surface area (Å²) >= 11 is 6.89.